The van der Waals surface area contributed by atoms with Gasteiger partial charge in [-0.3, -0.25) is 4.98 Å². The molecule has 4 nitrogen and oxygen atoms in total. The summed E-state index contributed by atoms with van der Waals surface area (Å²) in [6.07, 6.45) is 4.41. The Balaban J connectivity index is 2.03. The molecule has 6 heteroatoms. The number of amides is 2. The number of hydrogen-bond donors (Lipinski definition) is 2. The van der Waals surface area contributed by atoms with Crippen molar-refractivity contribution in [2.45, 2.75) is 4.90 Å². The fraction of sp³-hybridized carbons (Fsp3) is 0.0769. The Morgan fingerprint density at radius 2 is 2.16 bits per heavy atom. The van der Waals surface area contributed by atoms with Crippen molar-refractivity contribution in [3.05, 3.63) is 48.5 Å². The summed E-state index contributed by atoms with van der Waals surface area (Å²) in [6.45, 7) is 0. The molecule has 1 aromatic heterocycles. The molecule has 2 N–H and O–H groups in total. The number of carbonyl (C=O) groups excluding carboxylic acids is 1. The average Bonchev–Trinajstić information content (AvgIpc) is 2.41. The standard InChI is InChI=1S/C13H12FN3OS/c1-19-10-4-2-3-9(7-10)16-13(18)17-12-5-6-15-8-11(12)14/h2-8H,1H3,(H2,15,16,17,18). The minimum absolute atomic E-state index is 0.0912. The first-order valence-electron chi connectivity index (χ1n) is 5.50. The van der Waals surface area contributed by atoms with Gasteiger partial charge in [0.15, 0.2) is 5.82 Å². The maximum Gasteiger partial charge on any atom is 0.323 e. The lowest BCUT2D eigenvalue weighted by molar-refractivity contribution is 0.262. The van der Waals surface area contributed by atoms with Crippen LogP contribution in [-0.4, -0.2) is 17.3 Å². The van der Waals surface area contributed by atoms with Gasteiger partial charge in [-0.15, -0.1) is 11.8 Å². The molecule has 0 unspecified atom stereocenters. The minimum atomic E-state index is -0.574. The highest BCUT2D eigenvalue weighted by molar-refractivity contribution is 7.98. The summed E-state index contributed by atoms with van der Waals surface area (Å²) in [5.41, 5.74) is 0.743. The smallest absolute Gasteiger partial charge is 0.308 e. The Morgan fingerprint density at radius 1 is 1.32 bits per heavy atom. The second kappa shape index (κ2) is 6.19. The third kappa shape index (κ3) is 3.69. The van der Waals surface area contributed by atoms with E-state index >= 15 is 0 Å². The molecule has 0 saturated heterocycles. The van der Waals surface area contributed by atoms with Gasteiger partial charge in [0.25, 0.3) is 0 Å². The molecular formula is C13H12FN3OS. The van der Waals surface area contributed by atoms with Crippen LogP contribution in [0.15, 0.2) is 47.6 Å². The van der Waals surface area contributed by atoms with Gasteiger partial charge in [0, 0.05) is 16.8 Å². The van der Waals surface area contributed by atoms with Crippen molar-refractivity contribution in [3.8, 4) is 0 Å². The molecule has 0 aliphatic rings. The summed E-state index contributed by atoms with van der Waals surface area (Å²) in [4.78, 5) is 16.4. The van der Waals surface area contributed by atoms with E-state index in [9.17, 15) is 9.18 Å². The van der Waals surface area contributed by atoms with E-state index in [-0.39, 0.29) is 5.69 Å². The maximum absolute atomic E-state index is 13.3. The van der Waals surface area contributed by atoms with E-state index in [1.54, 1.807) is 17.8 Å². The summed E-state index contributed by atoms with van der Waals surface area (Å²) in [5, 5.41) is 5.07. The molecule has 2 aromatic rings. The molecule has 1 aromatic carbocycles. The fourth-order valence-electron chi connectivity index (χ4n) is 1.46. The molecule has 19 heavy (non-hydrogen) atoms. The lowest BCUT2D eigenvalue weighted by Gasteiger charge is -2.08. The summed E-state index contributed by atoms with van der Waals surface area (Å²) < 4.78 is 13.3. The average molecular weight is 277 g/mol. The lowest BCUT2D eigenvalue weighted by Crippen LogP contribution is -2.20. The minimum Gasteiger partial charge on any atom is -0.308 e. The first-order chi connectivity index (χ1) is 9.19. The molecule has 2 rings (SSSR count). The van der Waals surface area contributed by atoms with Crippen LogP contribution in [0.1, 0.15) is 0 Å². The van der Waals surface area contributed by atoms with Crippen molar-refractivity contribution < 1.29 is 9.18 Å². The molecule has 0 saturated carbocycles. The molecule has 0 spiro atoms. The second-order valence-electron chi connectivity index (χ2n) is 3.67. The number of carbonyl (C=O) groups is 1. The number of halogens is 1. The van der Waals surface area contributed by atoms with Crippen molar-refractivity contribution in [2.24, 2.45) is 0 Å². The Hall–Kier alpha value is -2.08. The topological polar surface area (TPSA) is 54.0 Å². The molecule has 0 aliphatic carbocycles. The first-order valence-corrected chi connectivity index (χ1v) is 6.73. The van der Waals surface area contributed by atoms with Crippen LogP contribution < -0.4 is 10.6 Å². The zero-order valence-corrected chi connectivity index (χ0v) is 11.0. The first kappa shape index (κ1) is 13.4. The van der Waals surface area contributed by atoms with Crippen molar-refractivity contribution in [3.63, 3.8) is 0 Å². The molecule has 98 valence electrons. The summed E-state index contributed by atoms with van der Waals surface area (Å²) in [7, 11) is 0. The van der Waals surface area contributed by atoms with E-state index in [4.69, 9.17) is 0 Å². The van der Waals surface area contributed by atoms with Gasteiger partial charge in [0.1, 0.15) is 0 Å². The fourth-order valence-corrected chi connectivity index (χ4v) is 1.92. The van der Waals surface area contributed by atoms with Crippen molar-refractivity contribution in [2.75, 3.05) is 16.9 Å². The van der Waals surface area contributed by atoms with Gasteiger partial charge >= 0.3 is 6.03 Å². The molecule has 0 fully saturated rings. The van der Waals surface area contributed by atoms with Crippen molar-refractivity contribution in [1.82, 2.24) is 4.98 Å². The number of thioether (sulfide) groups is 1. The quantitative estimate of drug-likeness (QED) is 0.843. The normalized spacial score (nSPS) is 10.0. The van der Waals surface area contributed by atoms with Gasteiger partial charge in [-0.1, -0.05) is 6.07 Å². The third-order valence-electron chi connectivity index (χ3n) is 2.35. The van der Waals surface area contributed by atoms with E-state index in [0.29, 0.717) is 5.69 Å². The molecule has 1 heterocycles. The highest BCUT2D eigenvalue weighted by Gasteiger charge is 2.06. The van der Waals surface area contributed by atoms with Crippen molar-refractivity contribution >= 4 is 29.2 Å². The summed E-state index contributed by atoms with van der Waals surface area (Å²) in [5.74, 6) is -0.574. The van der Waals surface area contributed by atoms with Crippen LogP contribution in [0.3, 0.4) is 0 Å². The Kier molecular flexibility index (Phi) is 4.35. The van der Waals surface area contributed by atoms with E-state index in [1.807, 2.05) is 24.5 Å². The number of pyridine rings is 1. The number of rotatable bonds is 3. The molecular weight excluding hydrogens is 265 g/mol. The number of hydrogen-bond acceptors (Lipinski definition) is 3. The van der Waals surface area contributed by atoms with Gasteiger partial charge < -0.3 is 10.6 Å². The summed E-state index contributed by atoms with van der Waals surface area (Å²) in [6, 6.07) is 8.29. The van der Waals surface area contributed by atoms with E-state index in [2.05, 4.69) is 15.6 Å². The van der Waals surface area contributed by atoms with Gasteiger partial charge in [-0.2, -0.15) is 0 Å². The van der Waals surface area contributed by atoms with Crippen LogP contribution >= 0.6 is 11.8 Å². The van der Waals surface area contributed by atoms with Crippen LogP contribution in [0.25, 0.3) is 0 Å². The summed E-state index contributed by atoms with van der Waals surface area (Å²) >= 11 is 1.58. The van der Waals surface area contributed by atoms with Gasteiger partial charge in [-0.05, 0) is 30.5 Å². The van der Waals surface area contributed by atoms with Crippen molar-refractivity contribution in [1.29, 1.82) is 0 Å². The number of urea groups is 1. The van der Waals surface area contributed by atoms with Gasteiger partial charge in [0.2, 0.25) is 0 Å². The van der Waals surface area contributed by atoms with Crippen LogP contribution in [0, 0.1) is 5.82 Å². The Bertz CT molecular complexity index is 592. The zero-order valence-electron chi connectivity index (χ0n) is 10.2. The van der Waals surface area contributed by atoms with E-state index in [0.717, 1.165) is 11.1 Å². The number of benzene rings is 1. The molecule has 0 bridgehead atoms. The monoisotopic (exact) mass is 277 g/mol. The number of nitrogens with one attached hydrogen (secondary N) is 2. The number of aromatic nitrogens is 1. The predicted molar refractivity (Wildman–Crippen MR) is 75.1 cm³/mol. The number of nitrogens with zero attached hydrogens (tertiary/aromatic N) is 1. The Morgan fingerprint density at radius 3 is 2.89 bits per heavy atom. The van der Waals surface area contributed by atoms with E-state index in [1.165, 1.54) is 12.3 Å². The van der Waals surface area contributed by atoms with Crippen LogP contribution in [0.2, 0.25) is 0 Å². The van der Waals surface area contributed by atoms with E-state index < -0.39 is 11.8 Å². The lowest BCUT2D eigenvalue weighted by atomic mass is 10.3. The largest absolute Gasteiger partial charge is 0.323 e. The predicted octanol–water partition coefficient (Wildman–Crippen LogP) is 3.59. The van der Waals surface area contributed by atoms with Gasteiger partial charge in [-0.25, -0.2) is 9.18 Å². The highest BCUT2D eigenvalue weighted by Crippen LogP contribution is 2.19. The molecule has 0 atom stereocenters. The van der Waals surface area contributed by atoms with Crippen LogP contribution in [0.5, 0.6) is 0 Å². The third-order valence-corrected chi connectivity index (χ3v) is 3.07. The second-order valence-corrected chi connectivity index (χ2v) is 4.55. The number of anilines is 2. The van der Waals surface area contributed by atoms with Crippen LogP contribution in [0.4, 0.5) is 20.6 Å². The molecule has 2 amide bonds. The highest BCUT2D eigenvalue weighted by atomic mass is 32.2. The van der Waals surface area contributed by atoms with Gasteiger partial charge in [0.05, 0.1) is 11.9 Å². The molecule has 0 aliphatic heterocycles. The molecule has 0 radical (unpaired) electrons. The zero-order chi connectivity index (χ0) is 13.7. The maximum atomic E-state index is 13.3. The SMILES string of the molecule is CSc1cccc(NC(=O)Nc2ccncc2F)c1. The van der Waals surface area contributed by atoms with Crippen LogP contribution in [-0.2, 0) is 0 Å². The Labute approximate surface area is 114 Å².